The lowest BCUT2D eigenvalue weighted by Gasteiger charge is -2.37. The van der Waals surface area contributed by atoms with Crippen LogP contribution in [0.4, 0.5) is 11.4 Å². The molecule has 2 heterocycles. The van der Waals surface area contributed by atoms with Gasteiger partial charge in [-0.05, 0) is 43.8 Å². The van der Waals surface area contributed by atoms with E-state index in [0.717, 1.165) is 57.9 Å². The highest BCUT2D eigenvalue weighted by Gasteiger charge is 2.22. The zero-order valence-corrected chi connectivity index (χ0v) is 17.7. The van der Waals surface area contributed by atoms with Gasteiger partial charge in [-0.3, -0.25) is 4.79 Å². The van der Waals surface area contributed by atoms with E-state index in [2.05, 4.69) is 77.2 Å². The summed E-state index contributed by atoms with van der Waals surface area (Å²) in [6.07, 6.45) is 0.500. The fraction of sp³-hybridized carbons (Fsp3) is 0.458. The summed E-state index contributed by atoms with van der Waals surface area (Å²) in [5.41, 5.74) is 4.90. The molecule has 1 amide bonds. The third-order valence-corrected chi connectivity index (χ3v) is 6.19. The van der Waals surface area contributed by atoms with Gasteiger partial charge in [-0.2, -0.15) is 0 Å². The van der Waals surface area contributed by atoms with E-state index in [1.807, 2.05) is 4.90 Å². The number of nitrogens with zero attached hydrogens (tertiary/aromatic N) is 4. The molecule has 154 valence electrons. The zero-order valence-electron chi connectivity index (χ0n) is 17.7. The van der Waals surface area contributed by atoms with Crippen LogP contribution in [0.2, 0.25) is 0 Å². The lowest BCUT2D eigenvalue weighted by atomic mass is 10.1. The zero-order chi connectivity index (χ0) is 20.2. The highest BCUT2D eigenvalue weighted by molar-refractivity contribution is 5.79. The van der Waals surface area contributed by atoms with Crippen molar-refractivity contribution in [2.45, 2.75) is 13.3 Å². The van der Waals surface area contributed by atoms with Crippen molar-refractivity contribution in [2.24, 2.45) is 0 Å². The molecule has 2 aromatic rings. The Morgan fingerprint density at radius 1 is 0.724 bits per heavy atom. The second-order valence-electron chi connectivity index (χ2n) is 8.34. The van der Waals surface area contributed by atoms with Gasteiger partial charge in [0.05, 0.1) is 6.42 Å². The molecule has 2 aliphatic rings. The Morgan fingerprint density at radius 3 is 1.72 bits per heavy atom. The van der Waals surface area contributed by atoms with Crippen molar-refractivity contribution in [1.82, 2.24) is 9.80 Å². The lowest BCUT2D eigenvalue weighted by Crippen LogP contribution is -2.49. The summed E-state index contributed by atoms with van der Waals surface area (Å²) in [4.78, 5) is 21.9. The average molecular weight is 393 g/mol. The predicted octanol–water partition coefficient (Wildman–Crippen LogP) is 2.64. The first kappa shape index (κ1) is 19.8. The summed E-state index contributed by atoms with van der Waals surface area (Å²) < 4.78 is 0. The molecule has 2 fully saturated rings. The van der Waals surface area contributed by atoms with Gasteiger partial charge in [-0.25, -0.2) is 0 Å². The number of piperazine rings is 2. The second kappa shape index (κ2) is 8.87. The van der Waals surface area contributed by atoms with Gasteiger partial charge in [0, 0.05) is 63.7 Å². The number of likely N-dealkylation sites (N-methyl/N-ethyl adjacent to an activating group) is 1. The number of hydrogen-bond donors (Lipinski definition) is 0. The Labute approximate surface area is 174 Å². The van der Waals surface area contributed by atoms with Crippen molar-refractivity contribution in [3.05, 3.63) is 59.7 Å². The Hall–Kier alpha value is -2.53. The van der Waals surface area contributed by atoms with E-state index in [0.29, 0.717) is 6.42 Å². The van der Waals surface area contributed by atoms with Crippen molar-refractivity contribution in [3.63, 3.8) is 0 Å². The molecule has 0 atom stereocenters. The number of aryl methyl sites for hydroxylation is 1. The Bertz CT molecular complexity index is 802. The summed E-state index contributed by atoms with van der Waals surface area (Å²) >= 11 is 0. The van der Waals surface area contributed by atoms with Crippen LogP contribution in [0.15, 0.2) is 48.5 Å². The van der Waals surface area contributed by atoms with Crippen LogP contribution in [0.3, 0.4) is 0 Å². The maximum atomic E-state index is 12.6. The van der Waals surface area contributed by atoms with Gasteiger partial charge in [0.15, 0.2) is 0 Å². The van der Waals surface area contributed by atoms with E-state index in [-0.39, 0.29) is 5.91 Å². The molecule has 4 rings (SSSR count). The minimum Gasteiger partial charge on any atom is -0.369 e. The molecular formula is C24H32N4O. The summed E-state index contributed by atoms with van der Waals surface area (Å²) in [6.45, 7) is 9.90. The van der Waals surface area contributed by atoms with Crippen LogP contribution >= 0.6 is 0 Å². The highest BCUT2D eigenvalue weighted by Crippen LogP contribution is 2.23. The minimum atomic E-state index is 0.235. The smallest absolute Gasteiger partial charge is 0.227 e. The molecule has 0 N–H and O–H groups in total. The molecule has 0 bridgehead atoms. The van der Waals surface area contributed by atoms with Gasteiger partial charge in [-0.15, -0.1) is 0 Å². The van der Waals surface area contributed by atoms with Crippen molar-refractivity contribution in [1.29, 1.82) is 0 Å². The maximum Gasteiger partial charge on any atom is 0.227 e. The molecule has 2 aliphatic heterocycles. The number of amides is 1. The van der Waals surface area contributed by atoms with Gasteiger partial charge in [0.1, 0.15) is 0 Å². The number of anilines is 2. The largest absolute Gasteiger partial charge is 0.369 e. The second-order valence-corrected chi connectivity index (χ2v) is 8.34. The van der Waals surface area contributed by atoms with Crippen LogP contribution in [0.1, 0.15) is 11.1 Å². The van der Waals surface area contributed by atoms with Crippen molar-refractivity contribution in [2.75, 3.05) is 69.2 Å². The quantitative estimate of drug-likeness (QED) is 0.800. The number of benzene rings is 2. The molecule has 0 unspecified atom stereocenters. The number of carbonyl (C=O) groups excluding carboxylic acids is 1. The lowest BCUT2D eigenvalue weighted by molar-refractivity contribution is -0.130. The summed E-state index contributed by atoms with van der Waals surface area (Å²) in [5.74, 6) is 0.235. The Balaban J connectivity index is 1.29. The van der Waals surface area contributed by atoms with Gasteiger partial charge in [0.2, 0.25) is 5.91 Å². The van der Waals surface area contributed by atoms with Gasteiger partial charge in [0.25, 0.3) is 0 Å². The van der Waals surface area contributed by atoms with Crippen LogP contribution in [0.25, 0.3) is 0 Å². The van der Waals surface area contributed by atoms with E-state index >= 15 is 0 Å². The molecule has 0 aliphatic carbocycles. The van der Waals surface area contributed by atoms with E-state index in [9.17, 15) is 4.79 Å². The van der Waals surface area contributed by atoms with E-state index in [1.54, 1.807) is 0 Å². The number of carbonyl (C=O) groups is 1. The van der Waals surface area contributed by atoms with E-state index in [4.69, 9.17) is 0 Å². The molecule has 5 nitrogen and oxygen atoms in total. The molecule has 2 aromatic carbocycles. The predicted molar refractivity (Wildman–Crippen MR) is 120 cm³/mol. The maximum absolute atomic E-state index is 12.6. The van der Waals surface area contributed by atoms with Crippen molar-refractivity contribution < 1.29 is 4.79 Å². The van der Waals surface area contributed by atoms with E-state index in [1.165, 1.54) is 16.9 Å². The van der Waals surface area contributed by atoms with Crippen LogP contribution in [-0.2, 0) is 11.2 Å². The SMILES string of the molecule is Cc1ccc(CC(=O)N2CCN(c3ccc(N4CCN(C)CC4)cc3)CC2)cc1. The fourth-order valence-corrected chi connectivity index (χ4v) is 4.15. The molecular weight excluding hydrogens is 360 g/mol. The first-order chi connectivity index (χ1) is 14.1. The highest BCUT2D eigenvalue weighted by atomic mass is 16.2. The van der Waals surface area contributed by atoms with E-state index < -0.39 is 0 Å². The monoisotopic (exact) mass is 392 g/mol. The topological polar surface area (TPSA) is 30.0 Å². The van der Waals surface area contributed by atoms with Gasteiger partial charge in [-0.1, -0.05) is 29.8 Å². The summed E-state index contributed by atoms with van der Waals surface area (Å²) in [7, 11) is 2.19. The third-order valence-electron chi connectivity index (χ3n) is 6.19. The normalized spacial score (nSPS) is 18.2. The average Bonchev–Trinajstić information content (AvgIpc) is 2.76. The molecule has 0 spiro atoms. The fourth-order valence-electron chi connectivity index (χ4n) is 4.15. The molecule has 29 heavy (non-hydrogen) atoms. The molecule has 2 saturated heterocycles. The van der Waals surface area contributed by atoms with Crippen LogP contribution < -0.4 is 9.80 Å². The standard InChI is InChI=1S/C24H32N4O/c1-20-3-5-21(6-4-20)19-24(29)28-17-15-27(16-18-28)23-9-7-22(8-10-23)26-13-11-25(2)12-14-26/h3-10H,11-19H2,1-2H3. The number of hydrogen-bond acceptors (Lipinski definition) is 4. The van der Waals surface area contributed by atoms with Gasteiger partial charge >= 0.3 is 0 Å². The van der Waals surface area contributed by atoms with Crippen molar-refractivity contribution >= 4 is 17.3 Å². The molecule has 0 radical (unpaired) electrons. The van der Waals surface area contributed by atoms with Crippen LogP contribution in [0.5, 0.6) is 0 Å². The summed E-state index contributed by atoms with van der Waals surface area (Å²) in [5, 5.41) is 0. The Morgan fingerprint density at radius 2 is 1.21 bits per heavy atom. The Kier molecular flexibility index (Phi) is 6.05. The molecule has 5 heteroatoms. The minimum absolute atomic E-state index is 0.235. The summed E-state index contributed by atoms with van der Waals surface area (Å²) in [6, 6.07) is 17.2. The first-order valence-corrected chi connectivity index (χ1v) is 10.7. The molecule has 0 saturated carbocycles. The van der Waals surface area contributed by atoms with Crippen LogP contribution in [0, 0.1) is 6.92 Å². The number of rotatable bonds is 4. The van der Waals surface area contributed by atoms with Crippen LogP contribution in [-0.4, -0.2) is 75.1 Å². The van der Waals surface area contributed by atoms with Gasteiger partial charge < -0.3 is 19.6 Å². The first-order valence-electron chi connectivity index (χ1n) is 10.7. The molecule has 0 aromatic heterocycles. The van der Waals surface area contributed by atoms with Crippen molar-refractivity contribution in [3.8, 4) is 0 Å². The third kappa shape index (κ3) is 4.91.